The van der Waals surface area contributed by atoms with E-state index in [9.17, 15) is 9.59 Å². The molecule has 0 spiro atoms. The minimum Gasteiger partial charge on any atom is -0.351 e. The molecule has 1 amide bonds. The van der Waals surface area contributed by atoms with E-state index in [0.717, 1.165) is 24.2 Å². The highest BCUT2D eigenvalue weighted by Crippen LogP contribution is 2.31. The normalized spacial score (nSPS) is 17.7. The average Bonchev–Trinajstić information content (AvgIpc) is 3.22. The molecule has 1 aliphatic heterocycles. The van der Waals surface area contributed by atoms with Crippen molar-refractivity contribution in [3.05, 3.63) is 45.5 Å². The minimum atomic E-state index is -0.225. The lowest BCUT2D eigenvalue weighted by Crippen LogP contribution is -2.32. The molecule has 7 nitrogen and oxygen atoms in total. The molecule has 7 heteroatoms. The maximum absolute atomic E-state index is 12.7. The summed E-state index contributed by atoms with van der Waals surface area (Å²) in [6.07, 6.45) is 3.04. The van der Waals surface area contributed by atoms with Gasteiger partial charge < -0.3 is 14.4 Å². The smallest absolute Gasteiger partial charge is 0.293 e. The first-order chi connectivity index (χ1) is 11.1. The lowest BCUT2D eigenvalue weighted by atomic mass is 10.2. The van der Waals surface area contributed by atoms with Crippen LogP contribution in [-0.2, 0) is 12.8 Å². The van der Waals surface area contributed by atoms with Crippen molar-refractivity contribution in [3.8, 4) is 0 Å². The quantitative estimate of drug-likeness (QED) is 0.929. The van der Waals surface area contributed by atoms with E-state index in [0.29, 0.717) is 25.2 Å². The second kappa shape index (κ2) is 6.36. The van der Waals surface area contributed by atoms with E-state index in [-0.39, 0.29) is 23.3 Å². The number of nitrogens with zero attached hydrogens (tertiary/aromatic N) is 3. The van der Waals surface area contributed by atoms with Gasteiger partial charge in [-0.15, -0.1) is 0 Å². The molecule has 2 aromatic rings. The molecule has 0 bridgehead atoms. The SMILES string of the molecule is CCc1cc(C(=O)N2CCCC2c2nc(CC)cc(=O)[nH]2)on1. The number of aryl methyl sites for hydroxylation is 2. The molecule has 1 fully saturated rings. The van der Waals surface area contributed by atoms with Crippen molar-refractivity contribution in [2.45, 2.75) is 45.6 Å². The summed E-state index contributed by atoms with van der Waals surface area (Å²) < 4.78 is 5.15. The molecule has 1 unspecified atom stereocenters. The number of H-pyrrole nitrogens is 1. The Morgan fingerprint density at radius 3 is 2.83 bits per heavy atom. The number of aromatic nitrogens is 3. The maximum Gasteiger partial charge on any atom is 0.293 e. The van der Waals surface area contributed by atoms with Gasteiger partial charge in [0.2, 0.25) is 5.76 Å². The van der Waals surface area contributed by atoms with E-state index >= 15 is 0 Å². The summed E-state index contributed by atoms with van der Waals surface area (Å²) in [6, 6.07) is 2.95. The van der Waals surface area contributed by atoms with Gasteiger partial charge in [-0.1, -0.05) is 19.0 Å². The van der Waals surface area contributed by atoms with Crippen molar-refractivity contribution in [2.75, 3.05) is 6.54 Å². The number of amides is 1. The number of nitrogens with one attached hydrogen (secondary N) is 1. The summed E-state index contributed by atoms with van der Waals surface area (Å²) in [5.41, 5.74) is 1.30. The Balaban J connectivity index is 1.89. The molecule has 0 aromatic carbocycles. The van der Waals surface area contributed by atoms with Crippen molar-refractivity contribution in [2.24, 2.45) is 0 Å². The lowest BCUT2D eigenvalue weighted by Gasteiger charge is -2.22. The van der Waals surface area contributed by atoms with Crippen LogP contribution in [0.15, 0.2) is 21.5 Å². The van der Waals surface area contributed by atoms with Crippen LogP contribution in [-0.4, -0.2) is 32.5 Å². The van der Waals surface area contributed by atoms with E-state index in [1.165, 1.54) is 6.07 Å². The highest BCUT2D eigenvalue weighted by Gasteiger charge is 2.34. The van der Waals surface area contributed by atoms with Crippen LogP contribution in [0.25, 0.3) is 0 Å². The molecule has 1 saturated heterocycles. The van der Waals surface area contributed by atoms with Gasteiger partial charge in [0.1, 0.15) is 5.82 Å². The Morgan fingerprint density at radius 1 is 1.35 bits per heavy atom. The third-order valence-electron chi connectivity index (χ3n) is 4.14. The van der Waals surface area contributed by atoms with Crippen molar-refractivity contribution >= 4 is 5.91 Å². The van der Waals surface area contributed by atoms with Gasteiger partial charge in [-0.25, -0.2) is 4.98 Å². The zero-order chi connectivity index (χ0) is 16.4. The molecule has 0 saturated carbocycles. The summed E-state index contributed by atoms with van der Waals surface area (Å²) in [4.78, 5) is 33.4. The highest BCUT2D eigenvalue weighted by atomic mass is 16.5. The molecule has 1 N–H and O–H groups in total. The van der Waals surface area contributed by atoms with Crippen molar-refractivity contribution in [1.29, 1.82) is 0 Å². The monoisotopic (exact) mass is 316 g/mol. The van der Waals surface area contributed by atoms with Gasteiger partial charge >= 0.3 is 0 Å². The van der Waals surface area contributed by atoms with Crippen LogP contribution < -0.4 is 5.56 Å². The Kier molecular flexibility index (Phi) is 4.27. The summed E-state index contributed by atoms with van der Waals surface area (Å²) in [5.74, 6) is 0.586. The predicted molar refractivity (Wildman–Crippen MR) is 83.1 cm³/mol. The fourth-order valence-corrected chi connectivity index (χ4v) is 2.88. The van der Waals surface area contributed by atoms with E-state index in [4.69, 9.17) is 4.52 Å². The van der Waals surface area contributed by atoms with Crippen LogP contribution in [0.3, 0.4) is 0 Å². The van der Waals surface area contributed by atoms with Crippen LogP contribution in [0, 0.1) is 0 Å². The molecular formula is C16H20N4O3. The molecule has 3 heterocycles. The van der Waals surface area contributed by atoms with Crippen LogP contribution in [0.5, 0.6) is 0 Å². The highest BCUT2D eigenvalue weighted by molar-refractivity contribution is 5.91. The zero-order valence-electron chi connectivity index (χ0n) is 13.3. The van der Waals surface area contributed by atoms with E-state index < -0.39 is 0 Å². The molecule has 1 aliphatic rings. The Morgan fingerprint density at radius 2 is 2.13 bits per heavy atom. The summed E-state index contributed by atoms with van der Waals surface area (Å²) in [6.45, 7) is 4.52. The minimum absolute atomic E-state index is 0.181. The van der Waals surface area contributed by atoms with Crippen LogP contribution in [0.2, 0.25) is 0 Å². The van der Waals surface area contributed by atoms with Crippen LogP contribution in [0.4, 0.5) is 0 Å². The Labute approximate surface area is 133 Å². The molecule has 3 rings (SSSR count). The van der Waals surface area contributed by atoms with Gasteiger partial charge in [-0.05, 0) is 25.7 Å². The molecule has 0 aliphatic carbocycles. The van der Waals surface area contributed by atoms with Gasteiger partial charge in [-0.3, -0.25) is 9.59 Å². The van der Waals surface area contributed by atoms with Crippen molar-refractivity contribution in [3.63, 3.8) is 0 Å². The zero-order valence-corrected chi connectivity index (χ0v) is 13.3. The summed E-state index contributed by atoms with van der Waals surface area (Å²) >= 11 is 0. The molecule has 1 atom stereocenters. The molecule has 2 aromatic heterocycles. The molecule has 0 radical (unpaired) electrons. The number of aromatic amines is 1. The number of carbonyl (C=O) groups is 1. The van der Waals surface area contributed by atoms with Gasteiger partial charge in [0.25, 0.3) is 11.5 Å². The second-order valence-electron chi connectivity index (χ2n) is 5.67. The second-order valence-corrected chi connectivity index (χ2v) is 5.67. The fraction of sp³-hybridized carbons (Fsp3) is 0.500. The van der Waals surface area contributed by atoms with Crippen molar-refractivity contribution < 1.29 is 9.32 Å². The number of rotatable bonds is 4. The summed E-state index contributed by atoms with van der Waals surface area (Å²) in [7, 11) is 0. The van der Waals surface area contributed by atoms with Crippen molar-refractivity contribution in [1.82, 2.24) is 20.0 Å². The largest absolute Gasteiger partial charge is 0.351 e. The number of likely N-dealkylation sites (tertiary alicyclic amines) is 1. The average molecular weight is 316 g/mol. The lowest BCUT2D eigenvalue weighted by molar-refractivity contribution is 0.0687. The first-order valence-electron chi connectivity index (χ1n) is 7.99. The predicted octanol–water partition coefficient (Wildman–Crippen LogP) is 1.86. The number of carbonyl (C=O) groups excluding carboxylic acids is 1. The molecule has 122 valence electrons. The van der Waals surface area contributed by atoms with Crippen LogP contribution >= 0.6 is 0 Å². The first-order valence-corrected chi connectivity index (χ1v) is 7.99. The first kappa shape index (κ1) is 15.5. The maximum atomic E-state index is 12.7. The number of hydrogen-bond acceptors (Lipinski definition) is 5. The Hall–Kier alpha value is -2.44. The fourth-order valence-electron chi connectivity index (χ4n) is 2.88. The third-order valence-corrected chi connectivity index (χ3v) is 4.14. The number of hydrogen-bond donors (Lipinski definition) is 1. The van der Waals surface area contributed by atoms with Gasteiger partial charge in [0, 0.05) is 24.4 Å². The van der Waals surface area contributed by atoms with Gasteiger partial charge in [0.05, 0.1) is 11.7 Å². The standard InChI is InChI=1S/C16H20N4O3/c1-3-10-9-14(21)18-15(17-10)12-6-5-7-20(12)16(22)13-8-11(4-2)19-23-13/h8-9,12H,3-7H2,1-2H3,(H,17,18,21). The summed E-state index contributed by atoms with van der Waals surface area (Å²) in [5, 5.41) is 3.87. The van der Waals surface area contributed by atoms with E-state index in [1.54, 1.807) is 11.0 Å². The third kappa shape index (κ3) is 3.04. The Bertz CT molecular complexity index is 765. The molecule has 23 heavy (non-hydrogen) atoms. The van der Waals surface area contributed by atoms with E-state index in [2.05, 4.69) is 15.1 Å². The van der Waals surface area contributed by atoms with Gasteiger partial charge in [-0.2, -0.15) is 0 Å². The van der Waals surface area contributed by atoms with E-state index in [1.807, 2.05) is 13.8 Å². The topological polar surface area (TPSA) is 92.1 Å². The van der Waals surface area contributed by atoms with Crippen LogP contribution in [0.1, 0.15) is 60.5 Å². The van der Waals surface area contributed by atoms with Gasteiger partial charge in [0.15, 0.2) is 0 Å². The molecular weight excluding hydrogens is 296 g/mol.